The van der Waals surface area contributed by atoms with E-state index in [9.17, 15) is 15.3 Å². The monoisotopic (exact) mass is 488 g/mol. The first-order chi connectivity index (χ1) is 16.6. The number of fused-ring (bicyclic) bond motifs is 1. The predicted octanol–water partition coefficient (Wildman–Crippen LogP) is 7.59. The summed E-state index contributed by atoms with van der Waals surface area (Å²) >= 11 is 0. The highest BCUT2D eigenvalue weighted by Crippen LogP contribution is 2.61. The molecule has 3 nitrogen and oxygen atoms in total. The Morgan fingerprint density at radius 2 is 1.74 bits per heavy atom. The molecule has 0 aromatic rings. The van der Waals surface area contributed by atoms with Crippen LogP contribution in [-0.4, -0.2) is 33.1 Å². The van der Waals surface area contributed by atoms with Crippen molar-refractivity contribution in [2.75, 3.05) is 0 Å². The first-order valence-corrected chi connectivity index (χ1v) is 15.0. The third-order valence-corrected chi connectivity index (χ3v) is 11.1. The number of aliphatic hydroxyl groups excluding tert-OH is 2. The molecule has 3 N–H and O–H groups in total. The van der Waals surface area contributed by atoms with Crippen molar-refractivity contribution in [3.8, 4) is 0 Å². The summed E-state index contributed by atoms with van der Waals surface area (Å²) in [5.41, 5.74) is 1.69. The summed E-state index contributed by atoms with van der Waals surface area (Å²) in [6, 6.07) is 0. The Hall–Kier alpha value is -0.640. The van der Waals surface area contributed by atoms with E-state index in [4.69, 9.17) is 0 Å². The minimum Gasteiger partial charge on any atom is -0.390 e. The molecule has 0 amide bonds. The standard InChI is InChI=1S/C32H56O3/c1-7-10-12-26(21-32(35,8-2)9-3)22(4)27-16-17-28-25(13-11-18-31(27,28)6)15-14-24-19-29(33)23(5)30(34)20-24/h14,22,25-30,33-35H,5,7-13,15-21H2,1-4,6H3/t22-,25?,26+,27-,28+,29-,30-,31-/m1/s1. The van der Waals surface area contributed by atoms with Gasteiger partial charge in [0.1, 0.15) is 0 Å². The first kappa shape index (κ1) is 28.9. The highest BCUT2D eigenvalue weighted by atomic mass is 16.3. The van der Waals surface area contributed by atoms with Crippen molar-refractivity contribution in [3.05, 3.63) is 23.8 Å². The lowest BCUT2D eigenvalue weighted by Crippen LogP contribution is -2.42. The molecule has 3 aliphatic carbocycles. The smallest absolute Gasteiger partial charge is 0.0809 e. The fourth-order valence-electron chi connectivity index (χ4n) is 8.45. The average molecular weight is 489 g/mol. The Bertz CT molecular complexity index is 706. The molecule has 8 atom stereocenters. The van der Waals surface area contributed by atoms with E-state index in [1.165, 1.54) is 56.9 Å². The van der Waals surface area contributed by atoms with Crippen LogP contribution in [0, 0.1) is 35.0 Å². The molecule has 35 heavy (non-hydrogen) atoms. The molecular weight excluding hydrogens is 432 g/mol. The zero-order valence-corrected chi connectivity index (χ0v) is 23.6. The van der Waals surface area contributed by atoms with E-state index in [0.717, 1.165) is 43.4 Å². The molecule has 0 spiro atoms. The number of rotatable bonds is 11. The SMILES string of the molecule is C=C1[C@H](O)CC(=CCC2CCC[C@]3(C)[C@@H]([C@H](C)[C@@H](CCCC)CC(O)(CC)CC)CC[C@@H]23)C[C@H]1O. The van der Waals surface area contributed by atoms with Crippen LogP contribution < -0.4 is 0 Å². The van der Waals surface area contributed by atoms with E-state index in [2.05, 4.69) is 47.3 Å². The molecule has 0 aromatic heterocycles. The van der Waals surface area contributed by atoms with E-state index in [1.807, 2.05) is 0 Å². The minimum atomic E-state index is -0.594. The van der Waals surface area contributed by atoms with Crippen molar-refractivity contribution in [2.45, 2.75) is 142 Å². The van der Waals surface area contributed by atoms with Gasteiger partial charge >= 0.3 is 0 Å². The van der Waals surface area contributed by atoms with Crippen LogP contribution in [0.4, 0.5) is 0 Å². The Labute approximate surface area is 216 Å². The minimum absolute atomic E-state index is 0.404. The first-order valence-electron chi connectivity index (χ1n) is 15.0. The molecule has 0 aliphatic heterocycles. The molecule has 0 radical (unpaired) electrons. The van der Waals surface area contributed by atoms with Gasteiger partial charge in [-0.3, -0.25) is 0 Å². The number of hydrogen-bond donors (Lipinski definition) is 3. The fourth-order valence-corrected chi connectivity index (χ4v) is 8.45. The van der Waals surface area contributed by atoms with Gasteiger partial charge in [0.05, 0.1) is 17.8 Å². The van der Waals surface area contributed by atoms with Gasteiger partial charge in [-0.15, -0.1) is 0 Å². The van der Waals surface area contributed by atoms with Crippen molar-refractivity contribution in [2.24, 2.45) is 35.0 Å². The highest BCUT2D eigenvalue weighted by Gasteiger charge is 2.53. The molecule has 0 bridgehead atoms. The van der Waals surface area contributed by atoms with Gasteiger partial charge in [0, 0.05) is 0 Å². The van der Waals surface area contributed by atoms with Gasteiger partial charge in [-0.2, -0.15) is 0 Å². The number of unbranched alkanes of at least 4 members (excludes halogenated alkanes) is 1. The second-order valence-electron chi connectivity index (χ2n) is 13.0. The van der Waals surface area contributed by atoms with Crippen molar-refractivity contribution < 1.29 is 15.3 Å². The van der Waals surface area contributed by atoms with Gasteiger partial charge in [-0.1, -0.05) is 78.5 Å². The average Bonchev–Trinajstić information content (AvgIpc) is 3.20. The van der Waals surface area contributed by atoms with Crippen LogP contribution in [0.3, 0.4) is 0 Å². The van der Waals surface area contributed by atoms with Crippen LogP contribution >= 0.6 is 0 Å². The molecule has 3 fully saturated rings. The quantitative estimate of drug-likeness (QED) is 0.263. The van der Waals surface area contributed by atoms with Crippen molar-refractivity contribution >= 4 is 0 Å². The largest absolute Gasteiger partial charge is 0.390 e. The Morgan fingerprint density at radius 1 is 1.09 bits per heavy atom. The third kappa shape index (κ3) is 6.44. The zero-order chi connectivity index (χ0) is 25.8. The van der Waals surface area contributed by atoms with E-state index in [1.54, 1.807) is 0 Å². The van der Waals surface area contributed by atoms with Crippen molar-refractivity contribution in [3.63, 3.8) is 0 Å². The summed E-state index contributed by atoms with van der Waals surface area (Å²) in [4.78, 5) is 0. The second-order valence-corrected chi connectivity index (χ2v) is 13.0. The molecule has 3 rings (SSSR count). The Balaban J connectivity index is 1.72. The van der Waals surface area contributed by atoms with Gasteiger partial charge in [0.2, 0.25) is 0 Å². The molecule has 3 saturated carbocycles. The van der Waals surface area contributed by atoms with Gasteiger partial charge in [-0.25, -0.2) is 0 Å². The van der Waals surface area contributed by atoms with Crippen LogP contribution in [0.2, 0.25) is 0 Å². The lowest BCUT2D eigenvalue weighted by Gasteiger charge is -2.48. The van der Waals surface area contributed by atoms with Gasteiger partial charge in [0.15, 0.2) is 0 Å². The van der Waals surface area contributed by atoms with E-state index in [-0.39, 0.29) is 0 Å². The Kier molecular flexibility index (Phi) is 10.1. The highest BCUT2D eigenvalue weighted by molar-refractivity contribution is 5.23. The lowest BCUT2D eigenvalue weighted by molar-refractivity contribution is -0.0264. The maximum absolute atomic E-state index is 11.2. The maximum Gasteiger partial charge on any atom is 0.0809 e. The lowest BCUT2D eigenvalue weighted by atomic mass is 9.57. The van der Waals surface area contributed by atoms with E-state index >= 15 is 0 Å². The molecule has 202 valence electrons. The summed E-state index contributed by atoms with van der Waals surface area (Å²) in [5, 5.41) is 31.7. The zero-order valence-electron chi connectivity index (χ0n) is 23.6. The molecule has 1 unspecified atom stereocenters. The summed E-state index contributed by atoms with van der Waals surface area (Å²) in [6.07, 6.45) is 16.6. The van der Waals surface area contributed by atoms with E-state index < -0.39 is 17.8 Å². The van der Waals surface area contributed by atoms with Gasteiger partial charge < -0.3 is 15.3 Å². The second kappa shape index (κ2) is 12.3. The molecule has 0 heterocycles. The van der Waals surface area contributed by atoms with E-state index in [0.29, 0.717) is 35.7 Å². The summed E-state index contributed by atoms with van der Waals surface area (Å²) < 4.78 is 0. The topological polar surface area (TPSA) is 60.7 Å². The van der Waals surface area contributed by atoms with Crippen LogP contribution in [0.15, 0.2) is 23.8 Å². The van der Waals surface area contributed by atoms with Crippen LogP contribution in [-0.2, 0) is 0 Å². The van der Waals surface area contributed by atoms with Crippen molar-refractivity contribution in [1.29, 1.82) is 0 Å². The molecule has 0 saturated heterocycles. The summed E-state index contributed by atoms with van der Waals surface area (Å²) in [7, 11) is 0. The Morgan fingerprint density at radius 3 is 2.34 bits per heavy atom. The normalized spacial score (nSPS) is 35.6. The fraction of sp³-hybridized carbons (Fsp3) is 0.875. The predicted molar refractivity (Wildman–Crippen MR) is 147 cm³/mol. The number of allylic oxidation sites excluding steroid dienone is 1. The van der Waals surface area contributed by atoms with Crippen LogP contribution in [0.5, 0.6) is 0 Å². The van der Waals surface area contributed by atoms with Gasteiger partial charge in [-0.05, 0) is 105 Å². The number of hydrogen-bond acceptors (Lipinski definition) is 3. The molecule has 3 aliphatic rings. The van der Waals surface area contributed by atoms with Crippen LogP contribution in [0.25, 0.3) is 0 Å². The van der Waals surface area contributed by atoms with Crippen LogP contribution in [0.1, 0.15) is 125 Å². The molecule has 3 heteroatoms. The number of aliphatic hydroxyl groups is 3. The maximum atomic E-state index is 11.2. The summed E-state index contributed by atoms with van der Waals surface area (Å²) in [5.74, 6) is 3.52. The summed E-state index contributed by atoms with van der Waals surface area (Å²) in [6.45, 7) is 15.6. The van der Waals surface area contributed by atoms with Gasteiger partial charge in [0.25, 0.3) is 0 Å². The molecule has 0 aromatic carbocycles. The third-order valence-electron chi connectivity index (χ3n) is 11.1. The van der Waals surface area contributed by atoms with Crippen molar-refractivity contribution in [1.82, 2.24) is 0 Å². The molecular formula is C32H56O3.